The fraction of sp³-hybridized carbons (Fsp3) is 0. The maximum absolute atomic E-state index is 12.4. The number of fused-ring (bicyclic) bond motifs is 1. The van der Waals surface area contributed by atoms with Crippen molar-refractivity contribution in [3.8, 4) is 0 Å². The van der Waals surface area contributed by atoms with E-state index in [4.69, 9.17) is 27.6 Å². The number of para-hydroxylation sites is 1. The number of hydrogen-bond acceptors (Lipinski definition) is 5. The van der Waals surface area contributed by atoms with Gasteiger partial charge >= 0.3 is 5.63 Å². The van der Waals surface area contributed by atoms with E-state index >= 15 is 0 Å². The number of hydrogen-bond donors (Lipinski definition) is 1. The Balaban J connectivity index is 2.05. The van der Waals surface area contributed by atoms with Crippen LogP contribution >= 0.6 is 23.2 Å². The number of carbonyl (C=O) groups excluding carboxylic acids is 2. The summed E-state index contributed by atoms with van der Waals surface area (Å²) in [5.41, 5.74) is -1.36. The van der Waals surface area contributed by atoms with Gasteiger partial charge in [-0.15, -0.1) is 0 Å². The Labute approximate surface area is 150 Å². The van der Waals surface area contributed by atoms with E-state index < -0.39 is 17.5 Å². The molecule has 0 aliphatic rings. The third-order valence-electron chi connectivity index (χ3n) is 3.39. The number of nitrogens with one attached hydrogen (secondary N) is 1. The van der Waals surface area contributed by atoms with E-state index in [0.29, 0.717) is 10.4 Å². The summed E-state index contributed by atoms with van der Waals surface area (Å²) in [5, 5.41) is 14.2. The topological polar surface area (TPSA) is 99.4 Å². The lowest BCUT2D eigenvalue weighted by molar-refractivity contribution is -0.254. The zero-order valence-electron chi connectivity index (χ0n) is 12.3. The lowest BCUT2D eigenvalue weighted by atomic mass is 10.1. The minimum absolute atomic E-state index is 0.00359. The summed E-state index contributed by atoms with van der Waals surface area (Å²) < 4.78 is 5.08. The number of benzene rings is 2. The maximum atomic E-state index is 12.4. The summed E-state index contributed by atoms with van der Waals surface area (Å²) in [7, 11) is 0. The highest BCUT2D eigenvalue weighted by Crippen LogP contribution is 2.27. The van der Waals surface area contributed by atoms with Crippen LogP contribution < -0.4 is 16.0 Å². The van der Waals surface area contributed by atoms with E-state index in [2.05, 4.69) is 5.32 Å². The first kappa shape index (κ1) is 17.0. The Morgan fingerprint density at radius 3 is 2.48 bits per heavy atom. The number of carbonyl (C=O) groups is 2. The zero-order chi connectivity index (χ0) is 18.1. The zero-order valence-corrected chi connectivity index (χ0v) is 13.9. The van der Waals surface area contributed by atoms with Crippen molar-refractivity contribution in [3.63, 3.8) is 0 Å². The van der Waals surface area contributed by atoms with E-state index in [9.17, 15) is 19.5 Å². The normalized spacial score (nSPS) is 10.6. The second-order valence-electron chi connectivity index (χ2n) is 5.04. The van der Waals surface area contributed by atoms with Gasteiger partial charge in [0.15, 0.2) is 5.58 Å². The van der Waals surface area contributed by atoms with Crippen molar-refractivity contribution in [3.05, 3.63) is 74.1 Å². The molecule has 0 atom stereocenters. The molecule has 126 valence electrons. The highest BCUT2D eigenvalue weighted by Gasteiger charge is 2.17. The van der Waals surface area contributed by atoms with E-state index in [-0.39, 0.29) is 27.4 Å². The summed E-state index contributed by atoms with van der Waals surface area (Å²) >= 11 is 11.9. The van der Waals surface area contributed by atoms with Crippen LogP contribution in [0, 0.1) is 0 Å². The third kappa shape index (κ3) is 3.35. The quantitative estimate of drug-likeness (QED) is 0.708. The van der Waals surface area contributed by atoms with Gasteiger partial charge in [-0.1, -0.05) is 41.4 Å². The molecule has 0 radical (unpaired) electrons. The number of carboxylic acids is 1. The number of anilines is 1. The molecule has 2 aromatic carbocycles. The number of rotatable bonds is 3. The molecular weight excluding hydrogens is 369 g/mol. The number of halogens is 2. The van der Waals surface area contributed by atoms with Crippen molar-refractivity contribution in [2.75, 3.05) is 5.32 Å². The summed E-state index contributed by atoms with van der Waals surface area (Å²) in [6, 6.07) is 9.82. The Bertz CT molecular complexity index is 1070. The number of aromatic carboxylic acids is 1. The van der Waals surface area contributed by atoms with Crippen LogP contribution in [-0.2, 0) is 0 Å². The van der Waals surface area contributed by atoms with Gasteiger partial charge in [0.25, 0.3) is 5.91 Å². The highest BCUT2D eigenvalue weighted by molar-refractivity contribution is 6.38. The molecule has 0 unspecified atom stereocenters. The average Bonchev–Trinajstić information content (AvgIpc) is 2.55. The Morgan fingerprint density at radius 2 is 1.76 bits per heavy atom. The van der Waals surface area contributed by atoms with Gasteiger partial charge in [0.2, 0.25) is 0 Å². The smallest absolute Gasteiger partial charge is 0.349 e. The SMILES string of the molecule is O=C([O-])c1ccccc1NC(=O)c1cc2cc(Cl)cc(Cl)c2oc1=O. The van der Waals surface area contributed by atoms with Gasteiger partial charge in [-0.2, -0.15) is 0 Å². The van der Waals surface area contributed by atoms with Crippen LogP contribution in [0.2, 0.25) is 10.0 Å². The molecule has 1 N–H and O–H groups in total. The summed E-state index contributed by atoms with van der Waals surface area (Å²) in [6.07, 6.45) is 0. The summed E-state index contributed by atoms with van der Waals surface area (Å²) in [5.74, 6) is -2.29. The maximum Gasteiger partial charge on any atom is 0.349 e. The Morgan fingerprint density at radius 1 is 1.04 bits per heavy atom. The van der Waals surface area contributed by atoms with E-state index in [0.717, 1.165) is 0 Å². The molecule has 3 rings (SSSR count). The van der Waals surface area contributed by atoms with Crippen LogP contribution in [0.4, 0.5) is 5.69 Å². The Kier molecular flexibility index (Phi) is 4.48. The first-order valence-electron chi connectivity index (χ1n) is 6.91. The molecule has 0 spiro atoms. The fourth-order valence-corrected chi connectivity index (χ4v) is 2.82. The molecule has 0 aliphatic carbocycles. The van der Waals surface area contributed by atoms with E-state index in [1.165, 1.54) is 42.5 Å². The van der Waals surface area contributed by atoms with Gasteiger partial charge in [0.1, 0.15) is 5.56 Å². The van der Waals surface area contributed by atoms with Crippen LogP contribution in [0.25, 0.3) is 11.0 Å². The van der Waals surface area contributed by atoms with Crippen LogP contribution in [-0.4, -0.2) is 11.9 Å². The summed E-state index contributed by atoms with van der Waals surface area (Å²) in [4.78, 5) is 35.5. The molecule has 25 heavy (non-hydrogen) atoms. The highest BCUT2D eigenvalue weighted by atomic mass is 35.5. The van der Waals surface area contributed by atoms with Crippen molar-refractivity contribution in [2.24, 2.45) is 0 Å². The molecule has 8 heteroatoms. The van der Waals surface area contributed by atoms with Crippen molar-refractivity contribution in [1.82, 2.24) is 0 Å². The van der Waals surface area contributed by atoms with Crippen LogP contribution in [0.15, 0.2) is 51.7 Å². The molecule has 0 saturated heterocycles. The van der Waals surface area contributed by atoms with E-state index in [1.54, 1.807) is 0 Å². The van der Waals surface area contributed by atoms with Gasteiger partial charge in [-0.25, -0.2) is 4.79 Å². The molecule has 3 aromatic rings. The molecule has 1 amide bonds. The van der Waals surface area contributed by atoms with Crippen LogP contribution in [0.1, 0.15) is 20.7 Å². The van der Waals surface area contributed by atoms with Gasteiger partial charge < -0.3 is 19.6 Å². The molecule has 0 aliphatic heterocycles. The first-order chi connectivity index (χ1) is 11.9. The van der Waals surface area contributed by atoms with Gasteiger partial charge in [0, 0.05) is 16.0 Å². The minimum atomic E-state index is -1.46. The molecule has 1 heterocycles. The van der Waals surface area contributed by atoms with Crippen LogP contribution in [0.5, 0.6) is 0 Å². The fourth-order valence-electron chi connectivity index (χ4n) is 2.28. The van der Waals surface area contributed by atoms with Crippen LogP contribution in [0.3, 0.4) is 0 Å². The lowest BCUT2D eigenvalue weighted by Crippen LogP contribution is -2.26. The second-order valence-corrected chi connectivity index (χ2v) is 5.88. The molecule has 0 fully saturated rings. The number of carboxylic acid groups (broad SMARTS) is 1. The average molecular weight is 377 g/mol. The molecule has 0 bridgehead atoms. The van der Waals surface area contributed by atoms with Gasteiger partial charge in [0.05, 0.1) is 16.7 Å². The monoisotopic (exact) mass is 376 g/mol. The van der Waals surface area contributed by atoms with Crippen molar-refractivity contribution in [2.45, 2.75) is 0 Å². The second kappa shape index (κ2) is 6.58. The first-order valence-corrected chi connectivity index (χ1v) is 7.67. The standard InChI is InChI=1S/C17H9Cl2NO5/c18-9-5-8-6-11(17(24)25-14(8)12(19)7-9)15(21)20-13-4-2-1-3-10(13)16(22)23/h1-7H,(H,20,21)(H,22,23)/p-1. The summed E-state index contributed by atoms with van der Waals surface area (Å²) in [6.45, 7) is 0. The third-order valence-corrected chi connectivity index (χ3v) is 3.89. The molecule has 6 nitrogen and oxygen atoms in total. The van der Waals surface area contributed by atoms with Gasteiger partial charge in [-0.05, 0) is 24.3 Å². The molecule has 1 aromatic heterocycles. The predicted molar refractivity (Wildman–Crippen MR) is 91.2 cm³/mol. The Hall–Kier alpha value is -2.83. The number of amides is 1. The van der Waals surface area contributed by atoms with Gasteiger partial charge in [-0.3, -0.25) is 4.79 Å². The van der Waals surface area contributed by atoms with Crippen molar-refractivity contribution >= 4 is 51.7 Å². The van der Waals surface area contributed by atoms with E-state index in [1.807, 2.05) is 0 Å². The minimum Gasteiger partial charge on any atom is -0.545 e. The largest absolute Gasteiger partial charge is 0.545 e. The lowest BCUT2D eigenvalue weighted by Gasteiger charge is -2.11. The van der Waals surface area contributed by atoms with Crippen molar-refractivity contribution in [1.29, 1.82) is 0 Å². The van der Waals surface area contributed by atoms with Crippen molar-refractivity contribution < 1.29 is 19.1 Å². The predicted octanol–water partition coefficient (Wildman–Crippen LogP) is 2.72. The molecular formula is C17H8Cl2NO5-. The molecule has 0 saturated carbocycles.